The van der Waals surface area contributed by atoms with Gasteiger partial charge in [-0.25, -0.2) is 9.78 Å². The van der Waals surface area contributed by atoms with Gasteiger partial charge in [-0.3, -0.25) is 14.3 Å². The average Bonchev–Trinajstić information content (AvgIpc) is 2.60. The molecule has 5 nitrogen and oxygen atoms in total. The number of thiazole rings is 1. The highest BCUT2D eigenvalue weighted by atomic mass is 35.5. The molecule has 2 heterocycles. The Labute approximate surface area is 103 Å². The van der Waals surface area contributed by atoms with Gasteiger partial charge in [-0.2, -0.15) is 0 Å². The minimum Gasteiger partial charge on any atom is -0.294 e. The molecule has 2 rings (SSSR count). The Kier molecular flexibility index (Phi) is 3.13. The molecule has 0 radical (unpaired) electrons. The molecule has 0 spiro atoms. The van der Waals surface area contributed by atoms with Gasteiger partial charge in [0, 0.05) is 17.3 Å². The highest BCUT2D eigenvalue weighted by Crippen LogP contribution is 2.18. The first-order valence-corrected chi connectivity index (χ1v) is 5.73. The molecule has 16 heavy (non-hydrogen) atoms. The van der Waals surface area contributed by atoms with Crippen LogP contribution in [0.3, 0.4) is 0 Å². The van der Waals surface area contributed by atoms with Gasteiger partial charge in [0.2, 0.25) is 0 Å². The van der Waals surface area contributed by atoms with Gasteiger partial charge in [0.15, 0.2) is 4.47 Å². The van der Waals surface area contributed by atoms with Crippen molar-refractivity contribution < 1.29 is 0 Å². The molecule has 0 fully saturated rings. The summed E-state index contributed by atoms with van der Waals surface area (Å²) in [6.45, 7) is 0.278. The van der Waals surface area contributed by atoms with Crippen LogP contribution < -0.4 is 11.2 Å². The molecular weight excluding hydrogens is 273 g/mol. The molecule has 84 valence electrons. The van der Waals surface area contributed by atoms with E-state index in [0.29, 0.717) is 4.47 Å². The molecule has 1 N–H and O–H groups in total. The Balaban J connectivity index is 2.39. The minimum atomic E-state index is -0.592. The van der Waals surface area contributed by atoms with Gasteiger partial charge < -0.3 is 0 Å². The third-order valence-electron chi connectivity index (χ3n) is 1.82. The number of hydrogen-bond acceptors (Lipinski definition) is 4. The van der Waals surface area contributed by atoms with Crippen molar-refractivity contribution in [3.8, 4) is 0 Å². The van der Waals surface area contributed by atoms with Crippen LogP contribution in [0.4, 0.5) is 0 Å². The van der Waals surface area contributed by atoms with Crippen molar-refractivity contribution in [1.29, 1.82) is 0 Å². The number of halogens is 2. The van der Waals surface area contributed by atoms with Crippen LogP contribution in [0, 0.1) is 0 Å². The molecule has 0 aliphatic carbocycles. The summed E-state index contributed by atoms with van der Waals surface area (Å²) in [6.07, 6.45) is 2.86. The van der Waals surface area contributed by atoms with Gasteiger partial charge in [-0.1, -0.05) is 23.2 Å². The van der Waals surface area contributed by atoms with E-state index < -0.39 is 11.2 Å². The Morgan fingerprint density at radius 3 is 2.81 bits per heavy atom. The summed E-state index contributed by atoms with van der Waals surface area (Å²) in [4.78, 5) is 29.2. The zero-order chi connectivity index (χ0) is 11.7. The average molecular weight is 278 g/mol. The molecule has 0 atom stereocenters. The van der Waals surface area contributed by atoms with Gasteiger partial charge in [0.25, 0.3) is 5.56 Å². The van der Waals surface area contributed by atoms with Crippen LogP contribution >= 0.6 is 34.5 Å². The smallest absolute Gasteiger partial charge is 0.294 e. The van der Waals surface area contributed by atoms with E-state index in [1.807, 2.05) is 0 Å². The molecule has 0 aliphatic heterocycles. The fraction of sp³-hybridized carbons (Fsp3) is 0.125. The Morgan fingerprint density at radius 2 is 2.19 bits per heavy atom. The second kappa shape index (κ2) is 4.40. The summed E-state index contributed by atoms with van der Waals surface area (Å²) in [7, 11) is 0. The quantitative estimate of drug-likeness (QED) is 0.901. The monoisotopic (exact) mass is 277 g/mol. The lowest BCUT2D eigenvalue weighted by atomic mass is 10.5. The highest BCUT2D eigenvalue weighted by Gasteiger charge is 2.05. The fourth-order valence-corrected chi connectivity index (χ4v) is 2.27. The number of nitrogens with zero attached hydrogens (tertiary/aromatic N) is 2. The summed E-state index contributed by atoms with van der Waals surface area (Å²) in [5.74, 6) is 0. The molecule has 8 heteroatoms. The minimum absolute atomic E-state index is 0.0322. The van der Waals surface area contributed by atoms with Crippen molar-refractivity contribution in [2.75, 3.05) is 0 Å². The largest absolute Gasteiger partial charge is 0.328 e. The fourth-order valence-electron chi connectivity index (χ4n) is 1.12. The maximum Gasteiger partial charge on any atom is 0.328 e. The number of nitrogens with one attached hydrogen (secondary N) is 1. The molecule has 2 aromatic rings. The van der Waals surface area contributed by atoms with Crippen molar-refractivity contribution in [3.63, 3.8) is 0 Å². The molecule has 0 bridgehead atoms. The van der Waals surface area contributed by atoms with Crippen molar-refractivity contribution in [2.45, 2.75) is 6.54 Å². The van der Waals surface area contributed by atoms with E-state index in [1.165, 1.54) is 22.1 Å². The van der Waals surface area contributed by atoms with Gasteiger partial charge in [0.1, 0.15) is 5.02 Å². The number of H-pyrrole nitrogens is 1. The molecule has 0 unspecified atom stereocenters. The van der Waals surface area contributed by atoms with Crippen LogP contribution in [0.5, 0.6) is 0 Å². The molecule has 0 aromatic carbocycles. The summed E-state index contributed by atoms with van der Waals surface area (Å²) in [5.41, 5.74) is -1.11. The van der Waals surface area contributed by atoms with Crippen LogP contribution in [0.1, 0.15) is 4.88 Å². The SMILES string of the molecule is O=c1[nH]c(=O)n(Cc2cnc(Cl)s2)cc1Cl. The standard InChI is InChI=1S/C8H5Cl2N3O2S/c9-5-3-13(8(15)12-6(5)14)2-4-1-11-7(10)16-4/h1,3H,2H2,(H,12,14,15). The predicted molar refractivity (Wildman–Crippen MR) is 62.6 cm³/mol. The Bertz CT molecular complexity index is 631. The van der Waals surface area contributed by atoms with Crippen LogP contribution in [-0.4, -0.2) is 14.5 Å². The van der Waals surface area contributed by atoms with E-state index in [4.69, 9.17) is 23.2 Å². The van der Waals surface area contributed by atoms with Gasteiger partial charge in [-0.15, -0.1) is 11.3 Å². The third kappa shape index (κ3) is 2.34. The first-order chi connectivity index (χ1) is 7.56. The molecule has 0 saturated carbocycles. The molecule has 0 aliphatic rings. The third-order valence-corrected chi connectivity index (χ3v) is 3.19. The second-order valence-corrected chi connectivity index (χ2v) is 5.05. The van der Waals surface area contributed by atoms with Crippen LogP contribution in [0.15, 0.2) is 22.0 Å². The van der Waals surface area contributed by atoms with Gasteiger partial charge in [0.05, 0.1) is 6.54 Å². The number of rotatable bonds is 2. The van der Waals surface area contributed by atoms with E-state index in [1.54, 1.807) is 6.20 Å². The Morgan fingerprint density at radius 1 is 1.44 bits per heavy atom. The molecule has 0 saturated heterocycles. The highest BCUT2D eigenvalue weighted by molar-refractivity contribution is 7.15. The number of aromatic nitrogens is 3. The van der Waals surface area contributed by atoms with E-state index in [2.05, 4.69) is 9.97 Å². The maximum atomic E-state index is 11.4. The van der Waals surface area contributed by atoms with Crippen molar-refractivity contribution in [3.05, 3.63) is 47.6 Å². The van der Waals surface area contributed by atoms with Gasteiger partial charge >= 0.3 is 5.69 Å². The van der Waals surface area contributed by atoms with E-state index >= 15 is 0 Å². The Hall–Kier alpha value is -1.11. The lowest BCUT2D eigenvalue weighted by Crippen LogP contribution is -2.29. The van der Waals surface area contributed by atoms with Crippen LogP contribution in [-0.2, 0) is 6.54 Å². The topological polar surface area (TPSA) is 67.8 Å². The predicted octanol–water partition coefficient (Wildman–Crippen LogP) is 1.35. The van der Waals surface area contributed by atoms with Crippen LogP contribution in [0.2, 0.25) is 9.49 Å². The van der Waals surface area contributed by atoms with Crippen molar-refractivity contribution in [1.82, 2.24) is 14.5 Å². The van der Waals surface area contributed by atoms with Crippen molar-refractivity contribution in [2.24, 2.45) is 0 Å². The maximum absolute atomic E-state index is 11.4. The summed E-state index contributed by atoms with van der Waals surface area (Å²) in [5, 5.41) is -0.0322. The number of hydrogen-bond donors (Lipinski definition) is 1. The normalized spacial score (nSPS) is 10.6. The first kappa shape index (κ1) is 11.4. The van der Waals surface area contributed by atoms with E-state index in [-0.39, 0.29) is 11.6 Å². The lowest BCUT2D eigenvalue weighted by molar-refractivity contribution is 0.728. The van der Waals surface area contributed by atoms with Crippen LogP contribution in [0.25, 0.3) is 0 Å². The van der Waals surface area contributed by atoms with E-state index in [0.717, 1.165) is 4.88 Å². The first-order valence-electron chi connectivity index (χ1n) is 4.16. The van der Waals surface area contributed by atoms with Gasteiger partial charge in [-0.05, 0) is 0 Å². The molecule has 0 amide bonds. The zero-order valence-corrected chi connectivity index (χ0v) is 10.1. The van der Waals surface area contributed by atoms with E-state index in [9.17, 15) is 9.59 Å². The molecule has 2 aromatic heterocycles. The second-order valence-electron chi connectivity index (χ2n) is 2.94. The zero-order valence-electron chi connectivity index (χ0n) is 7.74. The summed E-state index contributed by atoms with van der Waals surface area (Å²) in [6, 6.07) is 0. The number of aromatic amines is 1. The summed E-state index contributed by atoms with van der Waals surface area (Å²) < 4.78 is 1.69. The lowest BCUT2D eigenvalue weighted by Gasteiger charge is -2.01. The summed E-state index contributed by atoms with van der Waals surface area (Å²) >= 11 is 12.5. The molecular formula is C8H5Cl2N3O2S. The van der Waals surface area contributed by atoms with Crippen molar-refractivity contribution >= 4 is 34.5 Å².